The quantitative estimate of drug-likeness (QED) is 0.833. The minimum absolute atomic E-state index is 0.144. The van der Waals surface area contributed by atoms with Crippen LogP contribution in [-0.2, 0) is 9.84 Å². The SMILES string of the molecule is CCS(=O)(=O)c1ccc(NC)c(C)c1. The molecule has 0 radical (unpaired) electrons. The first-order valence-corrected chi connectivity index (χ1v) is 6.17. The van der Waals surface area contributed by atoms with Gasteiger partial charge in [-0.25, -0.2) is 8.42 Å². The molecule has 0 atom stereocenters. The Morgan fingerprint density at radius 3 is 2.43 bits per heavy atom. The van der Waals surface area contributed by atoms with E-state index in [9.17, 15) is 8.42 Å². The van der Waals surface area contributed by atoms with Gasteiger partial charge in [0, 0.05) is 12.7 Å². The molecular formula is C10H15NO2S. The van der Waals surface area contributed by atoms with Gasteiger partial charge in [-0.05, 0) is 30.7 Å². The number of hydrogen-bond donors (Lipinski definition) is 1. The van der Waals surface area contributed by atoms with Gasteiger partial charge in [0.05, 0.1) is 10.6 Å². The van der Waals surface area contributed by atoms with Crippen molar-refractivity contribution in [1.29, 1.82) is 0 Å². The van der Waals surface area contributed by atoms with Crippen molar-refractivity contribution in [2.75, 3.05) is 18.1 Å². The van der Waals surface area contributed by atoms with Gasteiger partial charge in [-0.15, -0.1) is 0 Å². The molecule has 1 aromatic carbocycles. The number of rotatable bonds is 3. The van der Waals surface area contributed by atoms with Crippen LogP contribution in [0.3, 0.4) is 0 Å². The van der Waals surface area contributed by atoms with Gasteiger partial charge in [0.2, 0.25) is 0 Å². The molecule has 0 aliphatic heterocycles. The van der Waals surface area contributed by atoms with Crippen LogP contribution in [0.25, 0.3) is 0 Å². The Kier molecular flexibility index (Phi) is 3.16. The fourth-order valence-electron chi connectivity index (χ4n) is 1.28. The van der Waals surface area contributed by atoms with Crippen LogP contribution in [0.5, 0.6) is 0 Å². The normalized spacial score (nSPS) is 11.4. The van der Waals surface area contributed by atoms with Gasteiger partial charge in [-0.3, -0.25) is 0 Å². The van der Waals surface area contributed by atoms with Crippen LogP contribution in [-0.4, -0.2) is 21.2 Å². The standard InChI is InChI=1S/C10H15NO2S/c1-4-14(12,13)9-5-6-10(11-3)8(2)7-9/h5-7,11H,4H2,1-3H3. The van der Waals surface area contributed by atoms with E-state index >= 15 is 0 Å². The molecule has 1 rings (SSSR count). The fourth-order valence-corrected chi connectivity index (χ4v) is 2.24. The van der Waals surface area contributed by atoms with Gasteiger partial charge in [0.1, 0.15) is 0 Å². The molecule has 0 aliphatic rings. The van der Waals surface area contributed by atoms with E-state index in [0.717, 1.165) is 11.3 Å². The highest BCUT2D eigenvalue weighted by Crippen LogP contribution is 2.19. The lowest BCUT2D eigenvalue weighted by Crippen LogP contribution is -2.04. The Morgan fingerprint density at radius 2 is 2.00 bits per heavy atom. The smallest absolute Gasteiger partial charge is 0.178 e. The number of nitrogens with one attached hydrogen (secondary N) is 1. The molecule has 0 unspecified atom stereocenters. The molecule has 1 aromatic rings. The fraction of sp³-hybridized carbons (Fsp3) is 0.400. The zero-order valence-corrected chi connectivity index (χ0v) is 9.48. The van der Waals surface area contributed by atoms with Gasteiger partial charge in [0.25, 0.3) is 0 Å². The number of hydrogen-bond acceptors (Lipinski definition) is 3. The van der Waals surface area contributed by atoms with Crippen LogP contribution in [0.1, 0.15) is 12.5 Å². The summed E-state index contributed by atoms with van der Waals surface area (Å²) in [6.07, 6.45) is 0. The van der Waals surface area contributed by atoms with Crippen molar-refractivity contribution in [3.63, 3.8) is 0 Å². The Morgan fingerprint density at radius 1 is 1.36 bits per heavy atom. The first kappa shape index (κ1) is 11.0. The Hall–Kier alpha value is -1.03. The van der Waals surface area contributed by atoms with E-state index in [0.29, 0.717) is 4.90 Å². The van der Waals surface area contributed by atoms with E-state index in [1.54, 1.807) is 25.1 Å². The van der Waals surface area contributed by atoms with Crippen LogP contribution in [0.2, 0.25) is 0 Å². The molecule has 0 heterocycles. The summed E-state index contributed by atoms with van der Waals surface area (Å²) in [5.41, 5.74) is 1.90. The summed E-state index contributed by atoms with van der Waals surface area (Å²) in [5, 5.41) is 3.00. The second kappa shape index (κ2) is 4.00. The second-order valence-corrected chi connectivity index (χ2v) is 5.41. The lowest BCUT2D eigenvalue weighted by Gasteiger charge is -2.07. The third kappa shape index (κ3) is 2.07. The number of anilines is 1. The molecule has 0 saturated heterocycles. The summed E-state index contributed by atoms with van der Waals surface area (Å²) < 4.78 is 23.1. The van der Waals surface area contributed by atoms with Crippen molar-refractivity contribution in [1.82, 2.24) is 0 Å². The first-order chi connectivity index (χ1) is 6.51. The average molecular weight is 213 g/mol. The largest absolute Gasteiger partial charge is 0.388 e. The summed E-state index contributed by atoms with van der Waals surface area (Å²) in [4.78, 5) is 0.400. The maximum absolute atomic E-state index is 11.5. The minimum atomic E-state index is -3.07. The van der Waals surface area contributed by atoms with Crippen molar-refractivity contribution in [3.05, 3.63) is 23.8 Å². The summed E-state index contributed by atoms with van der Waals surface area (Å²) in [7, 11) is -1.26. The first-order valence-electron chi connectivity index (χ1n) is 4.52. The third-order valence-electron chi connectivity index (χ3n) is 2.21. The zero-order chi connectivity index (χ0) is 10.8. The van der Waals surface area contributed by atoms with Crippen LogP contribution < -0.4 is 5.32 Å². The Labute approximate surface area is 85.1 Å². The average Bonchev–Trinajstić information content (AvgIpc) is 2.17. The van der Waals surface area contributed by atoms with E-state index in [-0.39, 0.29) is 5.75 Å². The monoisotopic (exact) mass is 213 g/mol. The zero-order valence-electron chi connectivity index (χ0n) is 8.66. The Balaban J connectivity index is 3.22. The predicted octanol–water partition coefficient (Wildman–Crippen LogP) is 1.83. The lowest BCUT2D eigenvalue weighted by molar-refractivity contribution is 0.597. The van der Waals surface area contributed by atoms with E-state index < -0.39 is 9.84 Å². The minimum Gasteiger partial charge on any atom is -0.388 e. The molecule has 14 heavy (non-hydrogen) atoms. The molecular weight excluding hydrogens is 198 g/mol. The van der Waals surface area contributed by atoms with Crippen molar-refractivity contribution < 1.29 is 8.42 Å². The number of aryl methyl sites for hydroxylation is 1. The van der Waals surface area contributed by atoms with Crippen LogP contribution in [0, 0.1) is 6.92 Å². The van der Waals surface area contributed by atoms with Gasteiger partial charge >= 0.3 is 0 Å². The van der Waals surface area contributed by atoms with Gasteiger partial charge in [0.15, 0.2) is 9.84 Å². The number of benzene rings is 1. The van der Waals surface area contributed by atoms with Crippen molar-refractivity contribution in [3.8, 4) is 0 Å². The number of sulfone groups is 1. The van der Waals surface area contributed by atoms with Crippen LogP contribution in [0.15, 0.2) is 23.1 Å². The molecule has 0 spiro atoms. The predicted molar refractivity (Wildman–Crippen MR) is 58.5 cm³/mol. The maximum Gasteiger partial charge on any atom is 0.178 e. The Bertz CT molecular complexity index is 424. The highest BCUT2D eigenvalue weighted by atomic mass is 32.2. The highest BCUT2D eigenvalue weighted by molar-refractivity contribution is 7.91. The summed E-state index contributed by atoms with van der Waals surface area (Å²) in [6.45, 7) is 3.54. The van der Waals surface area contributed by atoms with Crippen molar-refractivity contribution >= 4 is 15.5 Å². The molecule has 0 aliphatic carbocycles. The van der Waals surface area contributed by atoms with Crippen molar-refractivity contribution in [2.45, 2.75) is 18.7 Å². The van der Waals surface area contributed by atoms with Crippen molar-refractivity contribution in [2.24, 2.45) is 0 Å². The maximum atomic E-state index is 11.5. The summed E-state index contributed by atoms with van der Waals surface area (Å²) >= 11 is 0. The van der Waals surface area contributed by atoms with E-state index in [1.807, 2.05) is 14.0 Å². The third-order valence-corrected chi connectivity index (χ3v) is 3.94. The van der Waals surface area contributed by atoms with E-state index in [4.69, 9.17) is 0 Å². The molecule has 0 aromatic heterocycles. The molecule has 0 saturated carbocycles. The van der Waals surface area contributed by atoms with Gasteiger partial charge < -0.3 is 5.32 Å². The molecule has 4 heteroatoms. The highest BCUT2D eigenvalue weighted by Gasteiger charge is 2.11. The topological polar surface area (TPSA) is 46.2 Å². The van der Waals surface area contributed by atoms with Crippen LogP contribution >= 0.6 is 0 Å². The van der Waals surface area contributed by atoms with E-state index in [1.165, 1.54) is 0 Å². The van der Waals surface area contributed by atoms with Gasteiger partial charge in [-0.1, -0.05) is 6.92 Å². The van der Waals surface area contributed by atoms with E-state index in [2.05, 4.69) is 5.32 Å². The molecule has 1 N–H and O–H groups in total. The lowest BCUT2D eigenvalue weighted by atomic mass is 10.2. The molecule has 78 valence electrons. The molecule has 0 bridgehead atoms. The summed E-state index contributed by atoms with van der Waals surface area (Å²) in [5.74, 6) is 0.144. The molecule has 0 fully saturated rings. The van der Waals surface area contributed by atoms with Crippen LogP contribution in [0.4, 0.5) is 5.69 Å². The molecule has 3 nitrogen and oxygen atoms in total. The second-order valence-electron chi connectivity index (χ2n) is 3.13. The summed E-state index contributed by atoms with van der Waals surface area (Å²) in [6, 6.07) is 5.13. The molecule has 0 amide bonds. The van der Waals surface area contributed by atoms with Gasteiger partial charge in [-0.2, -0.15) is 0 Å².